The number of hydrogen-bond donors (Lipinski definition) is 0. The summed E-state index contributed by atoms with van der Waals surface area (Å²) in [5.74, 6) is 3.08. The Morgan fingerprint density at radius 2 is 2.10 bits per heavy atom. The largest absolute Gasteiger partial charge is 0.378 e. The minimum absolute atomic E-state index is 0.723. The van der Waals surface area contributed by atoms with Crippen LogP contribution in [0.4, 0.5) is 0 Å². The predicted molar refractivity (Wildman–Crippen MR) is 38.7 cm³/mol. The second kappa shape index (κ2) is 1.76. The zero-order chi connectivity index (χ0) is 6.55. The molecule has 0 radical (unpaired) electrons. The van der Waals surface area contributed by atoms with E-state index >= 15 is 0 Å². The third-order valence-corrected chi connectivity index (χ3v) is 3.61. The average molecular weight is 138 g/mol. The lowest BCUT2D eigenvalue weighted by molar-refractivity contribution is 0.0524. The first-order chi connectivity index (χ1) is 4.97. The van der Waals surface area contributed by atoms with Gasteiger partial charge in [0.2, 0.25) is 0 Å². The van der Waals surface area contributed by atoms with Gasteiger partial charge in [0.05, 0.1) is 6.10 Å². The van der Waals surface area contributed by atoms with E-state index < -0.39 is 0 Å². The molecule has 0 N–H and O–H groups in total. The summed E-state index contributed by atoms with van der Waals surface area (Å²) >= 11 is 0. The second-order valence-corrected chi connectivity index (χ2v) is 4.06. The van der Waals surface area contributed by atoms with Gasteiger partial charge in [-0.25, -0.2) is 0 Å². The van der Waals surface area contributed by atoms with Crippen molar-refractivity contribution in [2.75, 3.05) is 6.61 Å². The van der Waals surface area contributed by atoms with E-state index in [2.05, 4.69) is 0 Å². The van der Waals surface area contributed by atoms with Crippen LogP contribution in [0.2, 0.25) is 0 Å². The van der Waals surface area contributed by atoms with Gasteiger partial charge < -0.3 is 4.74 Å². The van der Waals surface area contributed by atoms with Crippen molar-refractivity contribution in [1.29, 1.82) is 0 Å². The molecule has 0 aromatic carbocycles. The van der Waals surface area contributed by atoms with Gasteiger partial charge in [0.25, 0.3) is 0 Å². The van der Waals surface area contributed by atoms with Crippen LogP contribution in [0.1, 0.15) is 25.7 Å². The molecule has 0 amide bonds. The van der Waals surface area contributed by atoms with E-state index in [1.807, 2.05) is 0 Å². The van der Waals surface area contributed by atoms with E-state index in [0.29, 0.717) is 0 Å². The summed E-state index contributed by atoms with van der Waals surface area (Å²) in [6.07, 6.45) is 6.53. The van der Waals surface area contributed by atoms with Crippen molar-refractivity contribution in [2.24, 2.45) is 17.8 Å². The number of fused-ring (bicyclic) bond motifs is 1. The first-order valence-electron chi connectivity index (χ1n) is 4.58. The fourth-order valence-corrected chi connectivity index (χ4v) is 3.08. The van der Waals surface area contributed by atoms with E-state index in [1.54, 1.807) is 0 Å². The van der Waals surface area contributed by atoms with Crippen molar-refractivity contribution >= 4 is 0 Å². The van der Waals surface area contributed by atoms with Gasteiger partial charge in [0.15, 0.2) is 0 Å². The quantitative estimate of drug-likeness (QED) is 0.496. The lowest BCUT2D eigenvalue weighted by atomic mass is 9.87. The van der Waals surface area contributed by atoms with Crippen molar-refractivity contribution < 1.29 is 4.74 Å². The van der Waals surface area contributed by atoms with Crippen LogP contribution in [0.3, 0.4) is 0 Å². The lowest BCUT2D eigenvalue weighted by Crippen LogP contribution is -2.17. The minimum Gasteiger partial charge on any atom is -0.378 e. The lowest BCUT2D eigenvalue weighted by Gasteiger charge is -2.22. The molecule has 3 aliphatic rings. The highest BCUT2D eigenvalue weighted by molar-refractivity contribution is 5.06. The molecule has 0 spiro atoms. The van der Waals surface area contributed by atoms with Gasteiger partial charge in [-0.05, 0) is 37.0 Å². The molecule has 2 saturated carbocycles. The standard InChI is InChI=1S/C9H14O/c1-2-6-4-5-10-9-7(3-1)8(6)9/h6-9H,1-5H2/t6-,7-,8+,9-/m1/s1. The summed E-state index contributed by atoms with van der Waals surface area (Å²) in [5, 5.41) is 0. The molecular weight excluding hydrogens is 124 g/mol. The number of ether oxygens (including phenoxy) is 1. The third-order valence-electron chi connectivity index (χ3n) is 3.61. The summed E-state index contributed by atoms with van der Waals surface area (Å²) < 4.78 is 5.67. The molecule has 3 fully saturated rings. The van der Waals surface area contributed by atoms with E-state index in [1.165, 1.54) is 25.7 Å². The molecule has 4 atom stereocenters. The Balaban J connectivity index is 1.84. The highest BCUT2D eigenvalue weighted by Gasteiger charge is 2.57. The van der Waals surface area contributed by atoms with Crippen molar-refractivity contribution in [3.05, 3.63) is 0 Å². The Labute approximate surface area is 61.8 Å². The van der Waals surface area contributed by atoms with E-state index in [-0.39, 0.29) is 0 Å². The van der Waals surface area contributed by atoms with Crippen LogP contribution in [0.25, 0.3) is 0 Å². The molecule has 1 heterocycles. The predicted octanol–water partition coefficient (Wildman–Crippen LogP) is 1.82. The monoisotopic (exact) mass is 138 g/mol. The van der Waals surface area contributed by atoms with Crippen LogP contribution in [0.15, 0.2) is 0 Å². The van der Waals surface area contributed by atoms with Crippen LogP contribution >= 0.6 is 0 Å². The second-order valence-electron chi connectivity index (χ2n) is 4.06. The third kappa shape index (κ3) is 0.572. The number of rotatable bonds is 0. The summed E-state index contributed by atoms with van der Waals surface area (Å²) in [5.41, 5.74) is 0. The molecule has 1 nitrogen and oxygen atoms in total. The Morgan fingerprint density at radius 3 is 3.00 bits per heavy atom. The van der Waals surface area contributed by atoms with Crippen LogP contribution in [-0.4, -0.2) is 12.7 Å². The molecule has 0 bridgehead atoms. The van der Waals surface area contributed by atoms with E-state index in [9.17, 15) is 0 Å². The van der Waals surface area contributed by atoms with E-state index in [4.69, 9.17) is 4.74 Å². The Kier molecular flexibility index (Phi) is 0.984. The van der Waals surface area contributed by atoms with Gasteiger partial charge in [-0.15, -0.1) is 0 Å². The van der Waals surface area contributed by atoms with Gasteiger partial charge in [0, 0.05) is 6.61 Å². The average Bonchev–Trinajstić information content (AvgIpc) is 2.68. The van der Waals surface area contributed by atoms with Crippen molar-refractivity contribution in [3.8, 4) is 0 Å². The molecule has 56 valence electrons. The number of hydrogen-bond acceptors (Lipinski definition) is 1. The maximum atomic E-state index is 5.67. The molecule has 2 aliphatic carbocycles. The molecule has 0 unspecified atom stereocenters. The van der Waals surface area contributed by atoms with Crippen LogP contribution in [0, 0.1) is 17.8 Å². The van der Waals surface area contributed by atoms with Gasteiger partial charge in [-0.1, -0.05) is 6.42 Å². The normalized spacial score (nSPS) is 57.6. The Bertz CT molecular complexity index is 139. The van der Waals surface area contributed by atoms with Gasteiger partial charge in [0.1, 0.15) is 0 Å². The molecule has 0 aromatic heterocycles. The maximum Gasteiger partial charge on any atom is 0.0641 e. The van der Waals surface area contributed by atoms with Gasteiger partial charge in [-0.3, -0.25) is 0 Å². The molecule has 1 heteroatoms. The zero-order valence-electron chi connectivity index (χ0n) is 6.25. The van der Waals surface area contributed by atoms with Gasteiger partial charge >= 0.3 is 0 Å². The van der Waals surface area contributed by atoms with E-state index in [0.717, 1.165) is 30.5 Å². The SMILES string of the molecule is C1C[C@@H]2CCO[C@@H]3[C@H](C1)[C@H]23. The molecular formula is C9H14O. The fourth-order valence-electron chi connectivity index (χ4n) is 3.08. The van der Waals surface area contributed by atoms with Crippen LogP contribution < -0.4 is 0 Å². The summed E-state index contributed by atoms with van der Waals surface area (Å²) in [4.78, 5) is 0. The highest BCUT2D eigenvalue weighted by atomic mass is 16.5. The van der Waals surface area contributed by atoms with Gasteiger partial charge in [-0.2, -0.15) is 0 Å². The maximum absolute atomic E-state index is 5.67. The Morgan fingerprint density at radius 1 is 1.10 bits per heavy atom. The Hall–Kier alpha value is -0.0400. The van der Waals surface area contributed by atoms with Crippen LogP contribution in [-0.2, 0) is 4.74 Å². The molecule has 1 saturated heterocycles. The zero-order valence-corrected chi connectivity index (χ0v) is 6.25. The summed E-state index contributed by atoms with van der Waals surface area (Å²) in [6, 6.07) is 0. The smallest absolute Gasteiger partial charge is 0.0641 e. The van der Waals surface area contributed by atoms with Crippen LogP contribution in [0.5, 0.6) is 0 Å². The molecule has 1 aliphatic heterocycles. The molecule has 0 aromatic rings. The minimum atomic E-state index is 0.723. The van der Waals surface area contributed by atoms with Crippen molar-refractivity contribution in [2.45, 2.75) is 31.8 Å². The fraction of sp³-hybridized carbons (Fsp3) is 1.00. The molecule has 3 rings (SSSR count). The van der Waals surface area contributed by atoms with Crippen molar-refractivity contribution in [3.63, 3.8) is 0 Å². The highest BCUT2D eigenvalue weighted by Crippen LogP contribution is 2.57. The summed E-state index contributed by atoms with van der Waals surface area (Å²) in [6.45, 7) is 1.06. The van der Waals surface area contributed by atoms with Crippen molar-refractivity contribution in [1.82, 2.24) is 0 Å². The first kappa shape index (κ1) is 5.59. The molecule has 10 heavy (non-hydrogen) atoms. The summed E-state index contributed by atoms with van der Waals surface area (Å²) in [7, 11) is 0. The first-order valence-corrected chi connectivity index (χ1v) is 4.58. The topological polar surface area (TPSA) is 9.23 Å².